The summed E-state index contributed by atoms with van der Waals surface area (Å²) in [6.45, 7) is 3.02. The molecule has 1 radical (unpaired) electrons. The molecule has 0 fully saturated rings. The number of anilines is 1. The number of aryl methyl sites for hydroxylation is 2. The van der Waals surface area contributed by atoms with Crippen LogP contribution in [0.4, 0.5) is 5.13 Å². The molecule has 1 rings (SSSR count). The van der Waals surface area contributed by atoms with Crippen molar-refractivity contribution in [3.8, 4) is 0 Å². The van der Waals surface area contributed by atoms with Gasteiger partial charge in [-0.3, -0.25) is 10.1 Å². The van der Waals surface area contributed by atoms with Crippen molar-refractivity contribution in [1.29, 1.82) is 0 Å². The second kappa shape index (κ2) is 3.64. The molecule has 1 heterocycles. The minimum Gasteiger partial charge on any atom is -0.300 e. The number of rotatable bonds is 2. The van der Waals surface area contributed by atoms with Crippen molar-refractivity contribution in [2.75, 3.05) is 11.9 Å². The molecule has 0 aliphatic carbocycles. The Kier molecular flexibility index (Phi) is 2.78. The van der Waals surface area contributed by atoms with E-state index in [1.54, 1.807) is 0 Å². The van der Waals surface area contributed by atoms with Crippen LogP contribution in [0, 0.1) is 13.8 Å². The number of carbonyl (C=O) groups excluding carboxylic acids is 1. The number of nitrogens with zero attached hydrogens (tertiary/aromatic N) is 1. The van der Waals surface area contributed by atoms with Crippen LogP contribution >= 0.6 is 11.3 Å². The summed E-state index contributed by atoms with van der Waals surface area (Å²) in [5.41, 5.74) is 0.890. The molecule has 0 aromatic carbocycles. The van der Waals surface area contributed by atoms with E-state index >= 15 is 0 Å². The third-order valence-corrected chi connectivity index (χ3v) is 2.39. The molecule has 0 atom stereocenters. The normalized spacial score (nSPS) is 9.92. The van der Waals surface area contributed by atoms with Crippen molar-refractivity contribution in [3.63, 3.8) is 0 Å². The van der Waals surface area contributed by atoms with Gasteiger partial charge in [-0.25, -0.2) is 10.1 Å². The summed E-state index contributed by atoms with van der Waals surface area (Å²) >= 11 is 1.38. The van der Waals surface area contributed by atoms with Gasteiger partial charge in [0.1, 0.15) is 0 Å². The van der Waals surface area contributed by atoms with Crippen molar-refractivity contribution in [1.82, 2.24) is 4.98 Å². The van der Waals surface area contributed by atoms with Crippen molar-refractivity contribution in [3.05, 3.63) is 10.6 Å². The molecule has 0 unspecified atom stereocenters. The highest BCUT2D eigenvalue weighted by atomic mass is 32.1. The average molecular weight is 185 g/mol. The Hall–Kier alpha value is -0.940. The highest BCUT2D eigenvalue weighted by Crippen LogP contribution is 2.20. The summed E-state index contributed by atoms with van der Waals surface area (Å²) in [5, 5.41) is 13.0. The lowest BCUT2D eigenvalue weighted by molar-refractivity contribution is -0.120. The van der Waals surface area contributed by atoms with Gasteiger partial charge < -0.3 is 0 Å². The minimum absolute atomic E-state index is 0.505. The molecule has 0 aliphatic rings. The second-order valence-electron chi connectivity index (χ2n) is 2.35. The molecule has 4 nitrogen and oxygen atoms in total. The van der Waals surface area contributed by atoms with E-state index in [0.717, 1.165) is 10.6 Å². The van der Waals surface area contributed by atoms with Crippen LogP contribution in [0.2, 0.25) is 0 Å². The fraction of sp³-hybridized carbons (Fsp3) is 0.429. The lowest BCUT2D eigenvalue weighted by Gasteiger charge is -1.93. The molecule has 0 bridgehead atoms. The van der Waals surface area contributed by atoms with E-state index < -0.39 is 12.5 Å². The fourth-order valence-corrected chi connectivity index (χ4v) is 1.51. The summed E-state index contributed by atoms with van der Waals surface area (Å²) in [6.07, 6.45) is 0. The Labute approximate surface area is 74.3 Å². The van der Waals surface area contributed by atoms with E-state index in [1.165, 1.54) is 11.3 Å². The van der Waals surface area contributed by atoms with Gasteiger partial charge >= 0.3 is 0 Å². The molecule has 1 aromatic heterocycles. The van der Waals surface area contributed by atoms with Crippen molar-refractivity contribution >= 4 is 22.4 Å². The van der Waals surface area contributed by atoms with Crippen molar-refractivity contribution in [2.45, 2.75) is 13.8 Å². The quantitative estimate of drug-likeness (QED) is 0.750. The van der Waals surface area contributed by atoms with E-state index in [1.807, 2.05) is 13.8 Å². The minimum atomic E-state index is -0.752. The first kappa shape index (κ1) is 9.15. The monoisotopic (exact) mass is 185 g/mol. The molecule has 0 saturated carbocycles. The van der Waals surface area contributed by atoms with Crippen LogP contribution in [0.5, 0.6) is 0 Å². The van der Waals surface area contributed by atoms with E-state index in [0.29, 0.717) is 5.13 Å². The predicted octanol–water partition coefficient (Wildman–Crippen LogP) is 1.13. The van der Waals surface area contributed by atoms with Crippen LogP contribution in [0.3, 0.4) is 0 Å². The summed E-state index contributed by atoms with van der Waals surface area (Å²) in [4.78, 5) is 15.7. The SMILES string of the molecule is Cc1nc(NC(=O)C[O])sc1C. The maximum absolute atomic E-state index is 10.6. The van der Waals surface area contributed by atoms with Gasteiger partial charge in [-0.15, -0.1) is 11.3 Å². The Morgan fingerprint density at radius 2 is 2.25 bits per heavy atom. The first-order valence-electron chi connectivity index (χ1n) is 3.45. The molecule has 1 aromatic rings. The Morgan fingerprint density at radius 3 is 2.67 bits per heavy atom. The molecule has 1 N–H and O–H groups in total. The third-order valence-electron chi connectivity index (χ3n) is 1.41. The molecule has 65 valence electrons. The van der Waals surface area contributed by atoms with E-state index in [4.69, 9.17) is 0 Å². The molecular formula is C7H9N2O2S. The lowest BCUT2D eigenvalue weighted by atomic mass is 10.4. The summed E-state index contributed by atoms with van der Waals surface area (Å²) < 4.78 is 0. The molecule has 12 heavy (non-hydrogen) atoms. The number of aromatic nitrogens is 1. The van der Waals surface area contributed by atoms with Gasteiger partial charge in [-0.1, -0.05) is 0 Å². The number of thiazole rings is 1. The second-order valence-corrected chi connectivity index (χ2v) is 3.56. The Balaban J connectivity index is 2.70. The maximum Gasteiger partial charge on any atom is 0.255 e. The Morgan fingerprint density at radius 1 is 1.58 bits per heavy atom. The van der Waals surface area contributed by atoms with Crippen molar-refractivity contribution < 1.29 is 9.90 Å². The average Bonchev–Trinajstić information content (AvgIpc) is 2.31. The van der Waals surface area contributed by atoms with Crippen LogP contribution in [0.15, 0.2) is 0 Å². The number of nitrogens with one attached hydrogen (secondary N) is 1. The van der Waals surface area contributed by atoms with Crippen LogP contribution in [-0.4, -0.2) is 17.5 Å². The fourth-order valence-electron chi connectivity index (χ4n) is 0.682. The number of hydrogen-bond donors (Lipinski definition) is 1. The lowest BCUT2D eigenvalue weighted by Crippen LogP contribution is -2.14. The third kappa shape index (κ3) is 2.02. The highest BCUT2D eigenvalue weighted by Gasteiger charge is 2.06. The van der Waals surface area contributed by atoms with Gasteiger partial charge in [-0.05, 0) is 13.8 Å². The molecular weight excluding hydrogens is 176 g/mol. The molecule has 5 heteroatoms. The van der Waals surface area contributed by atoms with Crippen molar-refractivity contribution in [2.24, 2.45) is 0 Å². The van der Waals surface area contributed by atoms with E-state index in [2.05, 4.69) is 10.3 Å². The van der Waals surface area contributed by atoms with Gasteiger partial charge in [0.2, 0.25) is 0 Å². The van der Waals surface area contributed by atoms with Crippen LogP contribution < -0.4 is 5.32 Å². The van der Waals surface area contributed by atoms with E-state index in [-0.39, 0.29) is 0 Å². The topological polar surface area (TPSA) is 61.9 Å². The number of hydrogen-bond acceptors (Lipinski definition) is 3. The van der Waals surface area contributed by atoms with Gasteiger partial charge in [0.25, 0.3) is 5.91 Å². The van der Waals surface area contributed by atoms with E-state index in [9.17, 15) is 9.90 Å². The molecule has 1 amide bonds. The number of amides is 1. The summed E-state index contributed by atoms with van der Waals surface area (Å²) in [5.74, 6) is -0.538. The predicted molar refractivity (Wildman–Crippen MR) is 45.8 cm³/mol. The zero-order valence-electron chi connectivity index (χ0n) is 6.88. The number of carbonyl (C=O) groups is 1. The maximum atomic E-state index is 10.6. The first-order valence-corrected chi connectivity index (χ1v) is 4.27. The van der Waals surface area contributed by atoms with Gasteiger partial charge in [0.15, 0.2) is 11.7 Å². The van der Waals surface area contributed by atoms with Crippen LogP contribution in [0.25, 0.3) is 0 Å². The summed E-state index contributed by atoms with van der Waals surface area (Å²) in [6, 6.07) is 0. The highest BCUT2D eigenvalue weighted by molar-refractivity contribution is 7.15. The summed E-state index contributed by atoms with van der Waals surface area (Å²) in [7, 11) is 0. The van der Waals surface area contributed by atoms with Gasteiger partial charge in [-0.2, -0.15) is 0 Å². The zero-order valence-corrected chi connectivity index (χ0v) is 7.70. The van der Waals surface area contributed by atoms with Crippen LogP contribution in [0.1, 0.15) is 10.6 Å². The smallest absolute Gasteiger partial charge is 0.255 e. The van der Waals surface area contributed by atoms with Gasteiger partial charge in [0.05, 0.1) is 5.69 Å². The molecule has 0 saturated heterocycles. The first-order chi connectivity index (χ1) is 5.63. The van der Waals surface area contributed by atoms with Gasteiger partial charge in [0, 0.05) is 4.88 Å². The molecule has 0 aliphatic heterocycles. The van der Waals surface area contributed by atoms with Crippen LogP contribution in [-0.2, 0) is 9.90 Å². The largest absolute Gasteiger partial charge is 0.300 e. The standard InChI is InChI=1S/C7H9N2O2S/c1-4-5(2)12-7(8-4)9-6(11)3-10/h3H2,1-2H3,(H,8,9,11). The zero-order chi connectivity index (χ0) is 9.14. The Bertz CT molecular complexity index is 276. The molecule has 0 spiro atoms.